The van der Waals surface area contributed by atoms with E-state index in [2.05, 4.69) is 17.1 Å². The Kier molecular flexibility index (Phi) is 8.93. The summed E-state index contributed by atoms with van der Waals surface area (Å²) in [6.45, 7) is 8.70. The molecular formula is C19H29ClIN3O2. The van der Waals surface area contributed by atoms with Crippen molar-refractivity contribution in [2.24, 2.45) is 10.4 Å². The van der Waals surface area contributed by atoms with Crippen LogP contribution >= 0.6 is 35.6 Å². The van der Waals surface area contributed by atoms with Crippen molar-refractivity contribution in [2.45, 2.75) is 26.4 Å². The molecule has 7 heteroatoms. The van der Waals surface area contributed by atoms with E-state index in [0.29, 0.717) is 25.2 Å². The molecule has 1 aromatic carbocycles. The fourth-order valence-electron chi connectivity index (χ4n) is 3.55. The monoisotopic (exact) mass is 493 g/mol. The first-order valence-electron chi connectivity index (χ1n) is 9.14. The molecule has 0 amide bonds. The lowest BCUT2D eigenvalue weighted by atomic mass is 9.87. The van der Waals surface area contributed by atoms with Crippen LogP contribution in [0.15, 0.2) is 29.3 Å². The van der Waals surface area contributed by atoms with Gasteiger partial charge in [0.2, 0.25) is 0 Å². The molecule has 146 valence electrons. The molecule has 1 N–H and O–H groups in total. The minimum Gasteiger partial charge on any atom is -0.381 e. The lowest BCUT2D eigenvalue weighted by Gasteiger charge is -2.25. The largest absolute Gasteiger partial charge is 0.381 e. The zero-order valence-electron chi connectivity index (χ0n) is 15.4. The molecule has 0 saturated carbocycles. The molecule has 1 unspecified atom stereocenters. The molecule has 0 aromatic heterocycles. The summed E-state index contributed by atoms with van der Waals surface area (Å²) in [7, 11) is 0. The van der Waals surface area contributed by atoms with E-state index in [1.165, 1.54) is 12.8 Å². The molecule has 0 aliphatic carbocycles. The van der Waals surface area contributed by atoms with E-state index in [4.69, 9.17) is 26.1 Å². The van der Waals surface area contributed by atoms with Crippen LogP contribution in [0.5, 0.6) is 0 Å². The van der Waals surface area contributed by atoms with E-state index in [9.17, 15) is 0 Å². The number of nitrogens with one attached hydrogen (secondary N) is 1. The minimum absolute atomic E-state index is 0. The van der Waals surface area contributed by atoms with Gasteiger partial charge in [-0.3, -0.25) is 4.99 Å². The molecule has 5 nitrogen and oxygen atoms in total. The molecule has 1 aromatic rings. The summed E-state index contributed by atoms with van der Waals surface area (Å²) < 4.78 is 11.3. The molecule has 0 bridgehead atoms. The third kappa shape index (κ3) is 5.97. The number of halogens is 2. The van der Waals surface area contributed by atoms with Gasteiger partial charge in [0.1, 0.15) is 0 Å². The number of rotatable bonds is 6. The van der Waals surface area contributed by atoms with Crippen LogP contribution in [0.2, 0.25) is 5.02 Å². The minimum atomic E-state index is 0. The summed E-state index contributed by atoms with van der Waals surface area (Å²) in [6, 6.07) is 7.77. The Morgan fingerprint density at radius 3 is 3.04 bits per heavy atom. The van der Waals surface area contributed by atoms with Gasteiger partial charge in [-0.25, -0.2) is 0 Å². The van der Waals surface area contributed by atoms with Crippen LogP contribution in [-0.4, -0.2) is 56.9 Å². The van der Waals surface area contributed by atoms with Crippen molar-refractivity contribution in [1.82, 2.24) is 10.2 Å². The van der Waals surface area contributed by atoms with Crippen molar-refractivity contribution in [3.8, 4) is 0 Å². The summed E-state index contributed by atoms with van der Waals surface area (Å²) >= 11 is 5.99. The van der Waals surface area contributed by atoms with E-state index in [1.54, 1.807) is 0 Å². The molecule has 3 rings (SSSR count). The Morgan fingerprint density at radius 1 is 1.42 bits per heavy atom. The number of ether oxygens (including phenoxy) is 2. The fraction of sp³-hybridized carbons (Fsp3) is 0.632. The summed E-state index contributed by atoms with van der Waals surface area (Å²) in [5.74, 6) is 0.998. The van der Waals surface area contributed by atoms with E-state index >= 15 is 0 Å². The molecule has 26 heavy (non-hydrogen) atoms. The average Bonchev–Trinajstić information content (AvgIpc) is 3.24. The van der Waals surface area contributed by atoms with Crippen LogP contribution in [0, 0.1) is 5.41 Å². The van der Waals surface area contributed by atoms with Crippen molar-refractivity contribution in [1.29, 1.82) is 0 Å². The number of hydrogen-bond acceptors (Lipinski definition) is 3. The Hall–Kier alpha value is -0.570. The molecule has 1 atom stereocenters. The molecule has 2 heterocycles. The van der Waals surface area contributed by atoms with Crippen LogP contribution < -0.4 is 5.32 Å². The predicted molar refractivity (Wildman–Crippen MR) is 117 cm³/mol. The van der Waals surface area contributed by atoms with Crippen molar-refractivity contribution >= 4 is 41.5 Å². The van der Waals surface area contributed by atoms with Gasteiger partial charge in [-0.2, -0.15) is 0 Å². The number of hydrogen-bond donors (Lipinski definition) is 1. The van der Waals surface area contributed by atoms with Gasteiger partial charge in [-0.1, -0.05) is 23.7 Å². The topological polar surface area (TPSA) is 46.1 Å². The van der Waals surface area contributed by atoms with E-state index in [-0.39, 0.29) is 24.0 Å². The highest BCUT2D eigenvalue weighted by atomic mass is 127. The smallest absolute Gasteiger partial charge is 0.194 e. The maximum absolute atomic E-state index is 5.99. The third-order valence-electron chi connectivity index (χ3n) is 4.91. The molecule has 2 fully saturated rings. The highest BCUT2D eigenvalue weighted by Gasteiger charge is 2.42. The maximum atomic E-state index is 5.99. The summed E-state index contributed by atoms with van der Waals surface area (Å²) in [6.07, 6.45) is 2.37. The van der Waals surface area contributed by atoms with Crippen LogP contribution in [0.4, 0.5) is 0 Å². The fourth-order valence-corrected chi connectivity index (χ4v) is 3.76. The van der Waals surface area contributed by atoms with E-state index in [1.807, 2.05) is 24.3 Å². The van der Waals surface area contributed by atoms with Gasteiger partial charge in [0, 0.05) is 36.7 Å². The Balaban J connectivity index is 0.00000243. The number of guanidine groups is 1. The quantitative estimate of drug-likeness (QED) is 0.285. The predicted octanol–water partition coefficient (Wildman–Crippen LogP) is 3.55. The van der Waals surface area contributed by atoms with Crippen molar-refractivity contribution in [3.05, 3.63) is 34.9 Å². The molecule has 1 spiro atoms. The van der Waals surface area contributed by atoms with Crippen LogP contribution in [0.25, 0.3) is 0 Å². The zero-order chi connectivity index (χ0) is 17.5. The second-order valence-corrected chi connectivity index (χ2v) is 7.33. The SMILES string of the molecule is CCNC(=NCCOCc1cccc(Cl)c1)N1CCC2(CCOC2)C1.I. The van der Waals surface area contributed by atoms with Gasteiger partial charge in [-0.15, -0.1) is 24.0 Å². The highest BCUT2D eigenvalue weighted by molar-refractivity contribution is 14.0. The molecule has 2 aliphatic rings. The summed E-state index contributed by atoms with van der Waals surface area (Å²) in [5, 5.41) is 4.15. The molecular weight excluding hydrogens is 465 g/mol. The van der Waals surface area contributed by atoms with E-state index in [0.717, 1.165) is 49.4 Å². The molecule has 2 saturated heterocycles. The average molecular weight is 494 g/mol. The first-order valence-corrected chi connectivity index (χ1v) is 9.52. The third-order valence-corrected chi connectivity index (χ3v) is 5.15. The Labute approximate surface area is 178 Å². The first-order chi connectivity index (χ1) is 12.2. The van der Waals surface area contributed by atoms with Gasteiger partial charge in [-0.05, 0) is 37.5 Å². The zero-order valence-corrected chi connectivity index (χ0v) is 18.5. The number of likely N-dealkylation sites (tertiary alicyclic amines) is 1. The highest BCUT2D eigenvalue weighted by Crippen LogP contribution is 2.38. The Morgan fingerprint density at radius 2 is 2.31 bits per heavy atom. The maximum Gasteiger partial charge on any atom is 0.194 e. The molecule has 2 aliphatic heterocycles. The summed E-state index contributed by atoms with van der Waals surface area (Å²) in [4.78, 5) is 7.11. The standard InChI is InChI=1S/C19H28ClN3O2.HI/c1-2-21-18(23-9-6-19(14-23)7-10-25-15-19)22-8-11-24-13-16-4-3-5-17(20)12-16;/h3-5,12H,2,6-11,13-15H2,1H3,(H,21,22);1H. The van der Waals surface area contributed by atoms with Crippen molar-refractivity contribution in [3.63, 3.8) is 0 Å². The van der Waals surface area contributed by atoms with Gasteiger partial charge in [0.05, 0.1) is 26.4 Å². The lowest BCUT2D eigenvalue weighted by Crippen LogP contribution is -2.41. The number of aliphatic imine (C=N–C) groups is 1. The van der Waals surface area contributed by atoms with Gasteiger partial charge in [0.15, 0.2) is 5.96 Å². The van der Waals surface area contributed by atoms with Crippen LogP contribution in [0.1, 0.15) is 25.3 Å². The van der Waals surface area contributed by atoms with Gasteiger partial charge >= 0.3 is 0 Å². The van der Waals surface area contributed by atoms with Gasteiger partial charge < -0.3 is 19.7 Å². The Bertz CT molecular complexity index is 594. The summed E-state index contributed by atoms with van der Waals surface area (Å²) in [5.41, 5.74) is 1.44. The van der Waals surface area contributed by atoms with Crippen molar-refractivity contribution < 1.29 is 9.47 Å². The van der Waals surface area contributed by atoms with Crippen LogP contribution in [0.3, 0.4) is 0 Å². The number of benzene rings is 1. The second kappa shape index (κ2) is 10.7. The van der Waals surface area contributed by atoms with Gasteiger partial charge in [0.25, 0.3) is 0 Å². The normalized spacial score (nSPS) is 22.7. The molecule has 0 radical (unpaired) electrons. The number of nitrogens with zero attached hydrogens (tertiary/aromatic N) is 2. The van der Waals surface area contributed by atoms with Crippen molar-refractivity contribution in [2.75, 3.05) is 46.0 Å². The first kappa shape index (κ1) is 21.7. The van der Waals surface area contributed by atoms with E-state index < -0.39 is 0 Å². The van der Waals surface area contributed by atoms with Crippen LogP contribution in [-0.2, 0) is 16.1 Å². The second-order valence-electron chi connectivity index (χ2n) is 6.89. The lowest BCUT2D eigenvalue weighted by molar-refractivity contribution is 0.128.